The minimum absolute atomic E-state index is 0.133. The van der Waals surface area contributed by atoms with Gasteiger partial charge in [-0.05, 0) is 50.3 Å². The van der Waals surface area contributed by atoms with Crippen molar-refractivity contribution in [2.45, 2.75) is 62.9 Å². The number of hydrogen-bond donors (Lipinski definition) is 1. The summed E-state index contributed by atoms with van der Waals surface area (Å²) in [6, 6.07) is 9.09. The molecule has 1 heterocycles. The van der Waals surface area contributed by atoms with Gasteiger partial charge in [-0.25, -0.2) is 0 Å². The van der Waals surface area contributed by atoms with Crippen molar-refractivity contribution in [3.63, 3.8) is 0 Å². The van der Waals surface area contributed by atoms with Gasteiger partial charge in [-0.15, -0.1) is 0 Å². The van der Waals surface area contributed by atoms with Gasteiger partial charge < -0.3 is 10.1 Å². The van der Waals surface area contributed by atoms with Gasteiger partial charge in [0.05, 0.1) is 19.8 Å². The van der Waals surface area contributed by atoms with Gasteiger partial charge in [0.15, 0.2) is 0 Å². The van der Waals surface area contributed by atoms with E-state index in [1.165, 1.54) is 49.7 Å². The minimum atomic E-state index is 0.133. The number of carbonyl (C=O) groups is 1. The molecule has 0 bridgehead atoms. The Morgan fingerprint density at radius 3 is 2.72 bits per heavy atom. The van der Waals surface area contributed by atoms with Gasteiger partial charge in [-0.1, -0.05) is 43.5 Å². The number of ether oxygens (including phenoxy) is 1. The fourth-order valence-corrected chi connectivity index (χ4v) is 5.69. The molecule has 1 aromatic carbocycles. The van der Waals surface area contributed by atoms with E-state index in [0.717, 1.165) is 45.7 Å². The predicted molar refractivity (Wildman–Crippen MR) is 116 cm³/mol. The van der Waals surface area contributed by atoms with Crippen LogP contribution in [0.25, 0.3) is 0 Å². The van der Waals surface area contributed by atoms with Crippen molar-refractivity contribution in [2.75, 3.05) is 46.4 Å². The molecule has 0 unspecified atom stereocenters. The largest absolute Gasteiger partial charge is 0.379 e. The first-order valence-corrected chi connectivity index (χ1v) is 11.6. The zero-order valence-electron chi connectivity index (χ0n) is 18.0. The van der Waals surface area contributed by atoms with E-state index in [1.54, 1.807) is 0 Å². The average molecular weight is 400 g/mol. The van der Waals surface area contributed by atoms with Crippen LogP contribution in [0.15, 0.2) is 24.3 Å². The Morgan fingerprint density at radius 2 is 1.93 bits per heavy atom. The van der Waals surface area contributed by atoms with Crippen LogP contribution in [0.4, 0.5) is 0 Å². The second-order valence-corrected chi connectivity index (χ2v) is 9.18. The molecule has 2 aliphatic carbocycles. The van der Waals surface area contributed by atoms with E-state index >= 15 is 0 Å². The second-order valence-electron chi connectivity index (χ2n) is 9.18. The number of carbonyl (C=O) groups excluding carboxylic acids is 1. The smallest absolute Gasteiger partial charge is 0.234 e. The Balaban J connectivity index is 1.35. The van der Waals surface area contributed by atoms with Crippen LogP contribution < -0.4 is 5.32 Å². The molecule has 2 fully saturated rings. The Bertz CT molecular complexity index is 680. The average Bonchev–Trinajstić information content (AvgIpc) is 2.78. The van der Waals surface area contributed by atoms with Gasteiger partial charge >= 0.3 is 0 Å². The minimum Gasteiger partial charge on any atom is -0.379 e. The van der Waals surface area contributed by atoms with E-state index in [0.29, 0.717) is 12.6 Å². The van der Waals surface area contributed by atoms with Crippen LogP contribution in [-0.2, 0) is 16.0 Å². The Morgan fingerprint density at radius 1 is 1.17 bits per heavy atom. The van der Waals surface area contributed by atoms with Crippen LogP contribution >= 0.6 is 0 Å². The summed E-state index contributed by atoms with van der Waals surface area (Å²) in [7, 11) is 2.10. The first-order chi connectivity index (χ1) is 14.2. The third-order valence-electron chi connectivity index (χ3n) is 7.34. The van der Waals surface area contributed by atoms with Crippen LogP contribution in [0.3, 0.4) is 0 Å². The number of hydrogen-bond acceptors (Lipinski definition) is 4. The molecule has 29 heavy (non-hydrogen) atoms. The molecule has 1 saturated heterocycles. The standard InChI is InChI=1S/C24H37N3O2/c1-26(22-11-7-9-20-8-3-4-10-21(20)22)18-23(28)25-19-24(12-5-2-6-13-24)27-14-16-29-17-15-27/h3-4,8,10,22H,2,5-7,9,11-19H2,1H3,(H,25,28)/t22-/m0/s1. The summed E-state index contributed by atoms with van der Waals surface area (Å²) in [5.74, 6) is 0.161. The molecule has 1 aromatic rings. The molecule has 5 nitrogen and oxygen atoms in total. The van der Waals surface area contributed by atoms with Gasteiger partial charge in [0.1, 0.15) is 0 Å². The Kier molecular flexibility index (Phi) is 6.88. The number of benzene rings is 1. The lowest BCUT2D eigenvalue weighted by Crippen LogP contribution is -2.60. The molecular weight excluding hydrogens is 362 g/mol. The van der Waals surface area contributed by atoms with Gasteiger partial charge in [0.25, 0.3) is 0 Å². The highest BCUT2D eigenvalue weighted by atomic mass is 16.5. The topological polar surface area (TPSA) is 44.8 Å². The van der Waals surface area contributed by atoms with E-state index < -0.39 is 0 Å². The third kappa shape index (κ3) is 4.84. The Labute approximate surface area is 175 Å². The zero-order chi connectivity index (χ0) is 20.1. The van der Waals surface area contributed by atoms with Crippen molar-refractivity contribution >= 4 is 5.91 Å². The number of likely N-dealkylation sites (N-methyl/N-ethyl adjacent to an activating group) is 1. The number of nitrogens with zero attached hydrogens (tertiary/aromatic N) is 2. The fourth-order valence-electron chi connectivity index (χ4n) is 5.69. The summed E-state index contributed by atoms with van der Waals surface area (Å²) in [5, 5.41) is 3.32. The number of morpholine rings is 1. The van der Waals surface area contributed by atoms with Gasteiger partial charge in [-0.2, -0.15) is 0 Å². The molecule has 5 heteroatoms. The maximum absolute atomic E-state index is 12.9. The third-order valence-corrected chi connectivity index (χ3v) is 7.34. The second kappa shape index (κ2) is 9.59. The maximum Gasteiger partial charge on any atom is 0.234 e. The Hall–Kier alpha value is -1.43. The van der Waals surface area contributed by atoms with Crippen molar-refractivity contribution in [1.82, 2.24) is 15.1 Å². The quantitative estimate of drug-likeness (QED) is 0.798. The fraction of sp³-hybridized carbons (Fsp3) is 0.708. The maximum atomic E-state index is 12.9. The van der Waals surface area contributed by atoms with Gasteiger partial charge in [-0.3, -0.25) is 14.6 Å². The van der Waals surface area contributed by atoms with Crippen LogP contribution in [0.2, 0.25) is 0 Å². The predicted octanol–water partition coefficient (Wildman–Crippen LogP) is 3.15. The molecule has 1 atom stereocenters. The summed E-state index contributed by atoms with van der Waals surface area (Å²) in [6.45, 7) is 4.88. The highest BCUT2D eigenvalue weighted by Crippen LogP contribution is 2.35. The number of aryl methyl sites for hydroxylation is 1. The number of fused-ring (bicyclic) bond motifs is 1. The summed E-state index contributed by atoms with van der Waals surface area (Å²) >= 11 is 0. The lowest BCUT2D eigenvalue weighted by Gasteiger charge is -2.48. The molecule has 1 amide bonds. The van der Waals surface area contributed by atoms with E-state index in [4.69, 9.17) is 4.74 Å². The van der Waals surface area contributed by atoms with Crippen molar-refractivity contribution < 1.29 is 9.53 Å². The van der Waals surface area contributed by atoms with Gasteiger partial charge in [0.2, 0.25) is 5.91 Å². The lowest BCUT2D eigenvalue weighted by molar-refractivity contribution is -0.123. The molecule has 160 valence electrons. The molecule has 1 N–H and O–H groups in total. The van der Waals surface area contributed by atoms with Crippen molar-refractivity contribution in [3.05, 3.63) is 35.4 Å². The normalized spacial score (nSPS) is 24.8. The molecule has 0 spiro atoms. The van der Waals surface area contributed by atoms with Crippen molar-refractivity contribution in [1.29, 1.82) is 0 Å². The van der Waals surface area contributed by atoms with E-state index in [2.05, 4.69) is 46.4 Å². The highest BCUT2D eigenvalue weighted by molar-refractivity contribution is 5.78. The molecule has 0 aromatic heterocycles. The zero-order valence-corrected chi connectivity index (χ0v) is 18.0. The van der Waals surface area contributed by atoms with Crippen LogP contribution in [0, 0.1) is 0 Å². The lowest BCUT2D eigenvalue weighted by atomic mass is 9.79. The summed E-state index contributed by atoms with van der Waals surface area (Å²) in [5.41, 5.74) is 2.99. The molecular formula is C24H37N3O2. The molecule has 3 aliphatic rings. The number of amides is 1. The molecule has 1 aliphatic heterocycles. The van der Waals surface area contributed by atoms with E-state index in [9.17, 15) is 4.79 Å². The molecule has 1 saturated carbocycles. The summed E-state index contributed by atoms with van der Waals surface area (Å²) in [4.78, 5) is 17.7. The van der Waals surface area contributed by atoms with E-state index in [1.807, 2.05) is 0 Å². The van der Waals surface area contributed by atoms with Crippen LogP contribution in [0.5, 0.6) is 0 Å². The van der Waals surface area contributed by atoms with Crippen molar-refractivity contribution in [2.24, 2.45) is 0 Å². The molecule has 4 rings (SSSR count). The first kappa shape index (κ1) is 20.8. The van der Waals surface area contributed by atoms with E-state index in [-0.39, 0.29) is 11.4 Å². The van der Waals surface area contributed by atoms with Gasteiger partial charge in [0, 0.05) is 31.2 Å². The van der Waals surface area contributed by atoms with Crippen molar-refractivity contribution in [3.8, 4) is 0 Å². The molecule has 0 radical (unpaired) electrons. The first-order valence-electron chi connectivity index (χ1n) is 11.6. The number of rotatable bonds is 6. The SMILES string of the molecule is CN(CC(=O)NCC1(N2CCOCC2)CCCCC1)[C@H]1CCCc2ccccc21. The van der Waals surface area contributed by atoms with Crippen LogP contribution in [-0.4, -0.2) is 67.7 Å². The summed E-state index contributed by atoms with van der Waals surface area (Å²) < 4.78 is 5.57. The summed E-state index contributed by atoms with van der Waals surface area (Å²) in [6.07, 6.45) is 9.75. The highest BCUT2D eigenvalue weighted by Gasteiger charge is 2.39. The number of nitrogens with one attached hydrogen (secondary N) is 1. The monoisotopic (exact) mass is 399 g/mol. The van der Waals surface area contributed by atoms with Crippen LogP contribution in [0.1, 0.15) is 62.1 Å².